The van der Waals surface area contributed by atoms with Crippen LogP contribution in [0.3, 0.4) is 0 Å². The van der Waals surface area contributed by atoms with E-state index < -0.39 is 37.3 Å². The van der Waals surface area contributed by atoms with E-state index in [0.29, 0.717) is 6.61 Å². The Morgan fingerprint density at radius 3 is 1.55 bits per heavy atom. The zero-order valence-corrected chi connectivity index (χ0v) is 18.6. The third kappa shape index (κ3) is 7.35. The lowest BCUT2D eigenvalue weighted by Gasteiger charge is -2.46. The van der Waals surface area contributed by atoms with Crippen molar-refractivity contribution in [2.45, 2.75) is 83.5 Å². The van der Waals surface area contributed by atoms with Crippen LogP contribution >= 0.6 is 0 Å². The molecular weight excluding hydrogens is 332 g/mol. The smallest absolute Gasteiger partial charge is 0.184 e. The number of aliphatic hydroxyl groups is 1. The molecule has 0 aromatic carbocycles. The lowest BCUT2D eigenvalue weighted by atomic mass is 10.1. The Labute approximate surface area is 138 Å². The van der Waals surface area contributed by atoms with Gasteiger partial charge in [-0.25, -0.2) is 0 Å². The molecule has 0 aliphatic carbocycles. The summed E-state index contributed by atoms with van der Waals surface area (Å²) in [7, 11) is -5.39. The van der Waals surface area contributed by atoms with Crippen molar-refractivity contribution in [2.24, 2.45) is 0 Å². The van der Waals surface area contributed by atoms with Gasteiger partial charge in [0.2, 0.25) is 0 Å². The molecule has 4 atom stereocenters. The van der Waals surface area contributed by atoms with Crippen molar-refractivity contribution in [3.8, 4) is 0 Å². The lowest BCUT2D eigenvalue weighted by Crippen LogP contribution is -2.61. The van der Waals surface area contributed by atoms with E-state index in [1.807, 2.05) is 0 Å². The van der Waals surface area contributed by atoms with Crippen molar-refractivity contribution in [1.82, 2.24) is 0 Å². The number of hydrogen-bond acceptors (Lipinski definition) is 5. The van der Waals surface area contributed by atoms with E-state index in [4.69, 9.17) is 18.0 Å². The maximum atomic E-state index is 10.3. The zero-order chi connectivity index (χ0) is 17.3. The molecule has 1 N–H and O–H groups in total. The van der Waals surface area contributed by atoms with Crippen LogP contribution in [0.25, 0.3) is 0 Å². The Morgan fingerprint density at radius 2 is 1.14 bits per heavy atom. The van der Waals surface area contributed by atoms with Crippen LogP contribution in [0.5, 0.6) is 0 Å². The number of aliphatic hydroxyl groups excluding tert-OH is 1. The summed E-state index contributed by atoms with van der Waals surface area (Å²) >= 11 is 0. The monoisotopic (exact) mass is 366 g/mol. The highest BCUT2D eigenvalue weighted by Crippen LogP contribution is 2.29. The highest BCUT2D eigenvalue weighted by Gasteiger charge is 2.46. The molecule has 0 radical (unpaired) electrons. The van der Waals surface area contributed by atoms with Crippen LogP contribution < -0.4 is 0 Å². The minimum Gasteiger partial charge on any atom is -0.410 e. The third-order valence-corrected chi connectivity index (χ3v) is 5.86. The van der Waals surface area contributed by atoms with E-state index in [9.17, 15) is 5.11 Å². The second-order valence-electron chi connectivity index (χ2n) is 8.88. The van der Waals surface area contributed by atoms with Gasteiger partial charge >= 0.3 is 0 Å². The van der Waals surface area contributed by atoms with Crippen LogP contribution in [0.1, 0.15) is 0 Å². The van der Waals surface area contributed by atoms with Crippen LogP contribution in [0.15, 0.2) is 0 Å². The fourth-order valence-electron chi connectivity index (χ4n) is 2.40. The standard InChI is InChI=1S/C14H34O5Si3/c1-20(2,3)17-11-10-16-14(15)13(19-22(7,8)9)12(11)18-21(4,5)6/h11-15H,10H2,1-9H3/t11-,12?,13+,14+/m1/s1. The average Bonchev–Trinajstić information content (AvgIpc) is 2.22. The summed E-state index contributed by atoms with van der Waals surface area (Å²) in [5, 5.41) is 10.3. The summed E-state index contributed by atoms with van der Waals surface area (Å²) < 4.78 is 24.3. The molecule has 132 valence electrons. The van der Waals surface area contributed by atoms with E-state index in [2.05, 4.69) is 58.9 Å². The molecule has 0 aromatic rings. The predicted octanol–water partition coefficient (Wildman–Crippen LogP) is 3.00. The van der Waals surface area contributed by atoms with E-state index in [1.165, 1.54) is 0 Å². The van der Waals surface area contributed by atoms with Gasteiger partial charge in [-0.1, -0.05) is 0 Å². The average molecular weight is 367 g/mol. The first-order valence-electron chi connectivity index (χ1n) is 8.01. The van der Waals surface area contributed by atoms with Crippen molar-refractivity contribution in [3.05, 3.63) is 0 Å². The third-order valence-electron chi connectivity index (χ3n) is 2.89. The van der Waals surface area contributed by atoms with Crippen LogP contribution in [0, 0.1) is 0 Å². The number of hydrogen-bond donors (Lipinski definition) is 1. The molecule has 1 fully saturated rings. The van der Waals surface area contributed by atoms with Gasteiger partial charge in [0.25, 0.3) is 0 Å². The van der Waals surface area contributed by atoms with E-state index in [-0.39, 0.29) is 12.2 Å². The first-order chi connectivity index (χ1) is 9.68. The highest BCUT2D eigenvalue weighted by molar-refractivity contribution is 6.70. The Morgan fingerprint density at radius 1 is 0.727 bits per heavy atom. The first kappa shape index (κ1) is 20.5. The van der Waals surface area contributed by atoms with Crippen molar-refractivity contribution in [2.75, 3.05) is 6.61 Å². The molecule has 0 aromatic heterocycles. The van der Waals surface area contributed by atoms with Gasteiger partial charge < -0.3 is 23.1 Å². The second kappa shape index (κ2) is 7.14. The van der Waals surface area contributed by atoms with E-state index in [1.54, 1.807) is 0 Å². The minimum atomic E-state index is -1.84. The maximum absolute atomic E-state index is 10.3. The SMILES string of the molecule is C[Si](C)(C)OC1[C@H](O[Si](C)(C)C)CO[C@H](O)[C@H]1O[Si](C)(C)C. The molecule has 1 unspecified atom stereocenters. The molecule has 1 saturated heterocycles. The van der Waals surface area contributed by atoms with Crippen molar-refractivity contribution >= 4 is 25.0 Å². The molecule has 1 aliphatic rings. The van der Waals surface area contributed by atoms with Crippen molar-refractivity contribution < 1.29 is 23.1 Å². The summed E-state index contributed by atoms with van der Waals surface area (Å²) in [5.74, 6) is 0. The van der Waals surface area contributed by atoms with Crippen molar-refractivity contribution in [1.29, 1.82) is 0 Å². The van der Waals surface area contributed by atoms with E-state index in [0.717, 1.165) is 0 Å². The predicted molar refractivity (Wildman–Crippen MR) is 96.6 cm³/mol. The Hall–Kier alpha value is 0.451. The molecule has 0 bridgehead atoms. The Bertz CT molecular complexity index is 359. The molecule has 1 heterocycles. The molecule has 1 aliphatic heterocycles. The Balaban J connectivity index is 3.01. The zero-order valence-electron chi connectivity index (χ0n) is 15.6. The molecule has 0 saturated carbocycles. The van der Waals surface area contributed by atoms with Gasteiger partial charge in [-0.2, -0.15) is 0 Å². The molecule has 0 amide bonds. The summed E-state index contributed by atoms with van der Waals surface area (Å²) in [6.07, 6.45) is -1.87. The maximum Gasteiger partial charge on any atom is 0.184 e. The summed E-state index contributed by atoms with van der Waals surface area (Å²) in [4.78, 5) is 0. The molecule has 8 heteroatoms. The minimum absolute atomic E-state index is 0.178. The lowest BCUT2D eigenvalue weighted by molar-refractivity contribution is -0.240. The van der Waals surface area contributed by atoms with Gasteiger partial charge in [-0.05, 0) is 58.9 Å². The largest absolute Gasteiger partial charge is 0.410 e. The summed E-state index contributed by atoms with van der Waals surface area (Å²) in [6.45, 7) is 19.6. The first-order valence-corrected chi connectivity index (χ1v) is 18.2. The van der Waals surface area contributed by atoms with Gasteiger partial charge in [0.1, 0.15) is 12.2 Å². The Kier molecular flexibility index (Phi) is 6.65. The van der Waals surface area contributed by atoms with Crippen LogP contribution in [0.4, 0.5) is 0 Å². The van der Waals surface area contributed by atoms with Crippen LogP contribution in [-0.2, 0) is 18.0 Å². The van der Waals surface area contributed by atoms with Crippen molar-refractivity contribution in [3.63, 3.8) is 0 Å². The molecule has 5 nitrogen and oxygen atoms in total. The van der Waals surface area contributed by atoms with E-state index >= 15 is 0 Å². The van der Waals surface area contributed by atoms with Gasteiger partial charge in [-0.15, -0.1) is 0 Å². The number of ether oxygens (including phenoxy) is 1. The number of rotatable bonds is 6. The normalized spacial score (nSPS) is 31.4. The quantitative estimate of drug-likeness (QED) is 0.732. The van der Waals surface area contributed by atoms with Gasteiger partial charge in [0.15, 0.2) is 31.2 Å². The van der Waals surface area contributed by atoms with Gasteiger partial charge in [-0.3, -0.25) is 0 Å². The molecule has 1 rings (SSSR count). The van der Waals surface area contributed by atoms with Crippen LogP contribution in [0.2, 0.25) is 58.9 Å². The highest BCUT2D eigenvalue weighted by atomic mass is 28.4. The topological polar surface area (TPSA) is 57.2 Å². The molecule has 0 spiro atoms. The van der Waals surface area contributed by atoms with Crippen LogP contribution in [-0.4, -0.2) is 61.3 Å². The second-order valence-corrected chi connectivity index (χ2v) is 22.3. The summed E-state index contributed by atoms with van der Waals surface area (Å²) in [6, 6.07) is 0. The van der Waals surface area contributed by atoms with Gasteiger partial charge in [0.05, 0.1) is 12.7 Å². The molecule has 22 heavy (non-hydrogen) atoms. The fraction of sp³-hybridized carbons (Fsp3) is 1.00. The molecular formula is C14H34O5Si3. The fourth-order valence-corrected chi connectivity index (χ4v) is 5.68. The summed E-state index contributed by atoms with van der Waals surface area (Å²) in [5.41, 5.74) is 0. The van der Waals surface area contributed by atoms with Gasteiger partial charge in [0, 0.05) is 0 Å².